The topological polar surface area (TPSA) is 49.3 Å². The largest absolute Gasteiger partial charge is 0.388 e. The lowest BCUT2D eigenvalue weighted by Crippen LogP contribution is -2.47. The molecule has 0 saturated heterocycles. The zero-order valence-corrected chi connectivity index (χ0v) is 9.53. The number of amides is 1. The highest BCUT2D eigenvalue weighted by atomic mass is 32.2. The van der Waals surface area contributed by atoms with E-state index in [0.717, 1.165) is 30.8 Å². The Kier molecular flexibility index (Phi) is 4.75. The molecule has 14 heavy (non-hydrogen) atoms. The Balaban J connectivity index is 2.03. The van der Waals surface area contributed by atoms with Crippen molar-refractivity contribution < 1.29 is 9.90 Å². The van der Waals surface area contributed by atoms with Crippen LogP contribution in [0.15, 0.2) is 0 Å². The van der Waals surface area contributed by atoms with E-state index in [4.69, 9.17) is 0 Å². The van der Waals surface area contributed by atoms with E-state index >= 15 is 0 Å². The quantitative estimate of drug-likeness (QED) is 0.656. The minimum absolute atomic E-state index is 0.0614. The van der Waals surface area contributed by atoms with Gasteiger partial charge in [0.05, 0.1) is 5.60 Å². The van der Waals surface area contributed by atoms with Crippen LogP contribution in [0, 0.1) is 0 Å². The van der Waals surface area contributed by atoms with Crippen LogP contribution in [0.25, 0.3) is 0 Å². The van der Waals surface area contributed by atoms with Crippen molar-refractivity contribution in [2.45, 2.75) is 38.2 Å². The molecule has 0 spiro atoms. The monoisotopic (exact) mass is 217 g/mol. The highest BCUT2D eigenvalue weighted by Crippen LogP contribution is 2.30. The summed E-state index contributed by atoms with van der Waals surface area (Å²) >= 11 is 1.77. The molecule has 2 N–H and O–H groups in total. The Bertz CT molecular complexity index is 193. The molecule has 0 aliphatic heterocycles. The third-order valence-corrected chi connectivity index (χ3v) is 3.48. The molecule has 0 heterocycles. The molecule has 0 aromatic carbocycles. The third kappa shape index (κ3) is 3.88. The molecule has 1 aliphatic carbocycles. The second kappa shape index (κ2) is 5.61. The number of hydrogen-bond donors (Lipinski definition) is 2. The van der Waals surface area contributed by atoms with Crippen molar-refractivity contribution in [3.8, 4) is 0 Å². The minimum Gasteiger partial charge on any atom is -0.388 e. The van der Waals surface area contributed by atoms with Gasteiger partial charge < -0.3 is 10.4 Å². The maximum absolute atomic E-state index is 11.3. The van der Waals surface area contributed by atoms with Gasteiger partial charge in [-0.1, -0.05) is 6.92 Å². The summed E-state index contributed by atoms with van der Waals surface area (Å²) in [6.45, 7) is 2.52. The predicted molar refractivity (Wildman–Crippen MR) is 59.4 cm³/mol. The summed E-state index contributed by atoms with van der Waals surface area (Å²) in [6.07, 6.45) is 3.31. The van der Waals surface area contributed by atoms with Crippen molar-refractivity contribution in [1.82, 2.24) is 5.32 Å². The van der Waals surface area contributed by atoms with Crippen LogP contribution in [0.5, 0.6) is 0 Å². The number of carbonyl (C=O) groups is 1. The van der Waals surface area contributed by atoms with E-state index in [9.17, 15) is 9.90 Å². The summed E-state index contributed by atoms with van der Waals surface area (Å²) in [5.41, 5.74) is -0.590. The second-order valence-electron chi connectivity index (χ2n) is 3.80. The number of aliphatic hydroxyl groups is 1. The fourth-order valence-electron chi connectivity index (χ4n) is 1.42. The molecule has 0 aromatic heterocycles. The van der Waals surface area contributed by atoms with Crippen LogP contribution in [-0.2, 0) is 4.79 Å². The molecule has 1 amide bonds. The van der Waals surface area contributed by atoms with E-state index in [1.54, 1.807) is 11.8 Å². The number of rotatable bonds is 6. The van der Waals surface area contributed by atoms with Gasteiger partial charge in [0.2, 0.25) is 5.91 Å². The number of nitrogens with one attached hydrogen (secondary N) is 1. The summed E-state index contributed by atoms with van der Waals surface area (Å²) < 4.78 is 0. The Morgan fingerprint density at radius 1 is 1.57 bits per heavy atom. The van der Waals surface area contributed by atoms with Crippen molar-refractivity contribution in [2.24, 2.45) is 0 Å². The Hall–Kier alpha value is -0.220. The van der Waals surface area contributed by atoms with Crippen LogP contribution in [0.4, 0.5) is 0 Å². The first kappa shape index (κ1) is 11.9. The Labute approximate surface area is 89.6 Å². The molecular weight excluding hydrogens is 198 g/mol. The van der Waals surface area contributed by atoms with E-state index in [1.165, 1.54) is 0 Å². The van der Waals surface area contributed by atoms with Crippen molar-refractivity contribution in [3.05, 3.63) is 0 Å². The van der Waals surface area contributed by atoms with Crippen LogP contribution >= 0.6 is 11.8 Å². The maximum atomic E-state index is 11.3. The first-order valence-electron chi connectivity index (χ1n) is 5.23. The average molecular weight is 217 g/mol. The van der Waals surface area contributed by atoms with Crippen molar-refractivity contribution in [1.29, 1.82) is 0 Å². The van der Waals surface area contributed by atoms with Gasteiger partial charge in [-0.2, -0.15) is 11.8 Å². The highest BCUT2D eigenvalue weighted by molar-refractivity contribution is 7.99. The van der Waals surface area contributed by atoms with Gasteiger partial charge in [0.15, 0.2) is 0 Å². The normalized spacial score (nSPS) is 18.7. The molecule has 82 valence electrons. The van der Waals surface area contributed by atoms with Crippen LogP contribution < -0.4 is 5.32 Å². The lowest BCUT2D eigenvalue weighted by Gasteiger charge is -2.36. The van der Waals surface area contributed by atoms with Gasteiger partial charge in [-0.05, 0) is 25.0 Å². The molecule has 4 heteroatoms. The first-order valence-corrected chi connectivity index (χ1v) is 6.38. The molecule has 1 aliphatic rings. The number of thioether (sulfide) groups is 1. The fourth-order valence-corrected chi connectivity index (χ4v) is 2.04. The van der Waals surface area contributed by atoms with Crippen LogP contribution in [0.1, 0.15) is 32.6 Å². The molecule has 0 radical (unpaired) electrons. The van der Waals surface area contributed by atoms with E-state index in [-0.39, 0.29) is 5.91 Å². The van der Waals surface area contributed by atoms with Gasteiger partial charge in [-0.3, -0.25) is 4.79 Å². The summed E-state index contributed by atoms with van der Waals surface area (Å²) in [5.74, 6) is 1.99. The van der Waals surface area contributed by atoms with Crippen LogP contribution in [0.2, 0.25) is 0 Å². The molecule has 0 aromatic rings. The standard InChI is InChI=1S/C10H19NO2S/c1-2-14-7-4-9(12)11-8-10(13)5-3-6-10/h13H,2-8H2,1H3,(H,11,12). The van der Waals surface area contributed by atoms with Gasteiger partial charge in [0.25, 0.3) is 0 Å². The van der Waals surface area contributed by atoms with E-state index in [2.05, 4.69) is 12.2 Å². The molecule has 1 saturated carbocycles. The zero-order chi connectivity index (χ0) is 10.4. The highest BCUT2D eigenvalue weighted by Gasteiger charge is 2.34. The van der Waals surface area contributed by atoms with Gasteiger partial charge in [-0.15, -0.1) is 0 Å². The van der Waals surface area contributed by atoms with E-state index in [1.807, 2.05) is 0 Å². The molecule has 3 nitrogen and oxygen atoms in total. The van der Waals surface area contributed by atoms with Gasteiger partial charge in [0.1, 0.15) is 0 Å². The average Bonchev–Trinajstić information content (AvgIpc) is 2.12. The smallest absolute Gasteiger partial charge is 0.220 e. The zero-order valence-electron chi connectivity index (χ0n) is 8.71. The van der Waals surface area contributed by atoms with E-state index < -0.39 is 5.60 Å². The second-order valence-corrected chi connectivity index (χ2v) is 5.20. The minimum atomic E-state index is -0.590. The lowest BCUT2D eigenvalue weighted by atomic mass is 9.80. The van der Waals surface area contributed by atoms with Crippen molar-refractivity contribution >= 4 is 17.7 Å². The SMILES string of the molecule is CCSCCC(=O)NCC1(O)CCC1. The molecule has 0 atom stereocenters. The van der Waals surface area contributed by atoms with E-state index in [0.29, 0.717) is 13.0 Å². The van der Waals surface area contributed by atoms with Gasteiger partial charge in [0, 0.05) is 18.7 Å². The molecule has 0 bridgehead atoms. The summed E-state index contributed by atoms with van der Waals surface area (Å²) in [5, 5.41) is 12.5. The number of carbonyl (C=O) groups excluding carboxylic acids is 1. The van der Waals surface area contributed by atoms with Gasteiger partial charge in [-0.25, -0.2) is 0 Å². The summed E-state index contributed by atoms with van der Waals surface area (Å²) in [7, 11) is 0. The predicted octanol–water partition coefficient (Wildman–Crippen LogP) is 1.16. The number of hydrogen-bond acceptors (Lipinski definition) is 3. The molecule has 1 fully saturated rings. The molecular formula is C10H19NO2S. The molecule has 1 rings (SSSR count). The van der Waals surface area contributed by atoms with Crippen molar-refractivity contribution in [3.63, 3.8) is 0 Å². The first-order chi connectivity index (χ1) is 6.66. The summed E-state index contributed by atoms with van der Waals surface area (Å²) in [4.78, 5) is 11.3. The van der Waals surface area contributed by atoms with Crippen LogP contribution in [-0.4, -0.2) is 34.7 Å². The van der Waals surface area contributed by atoms with Gasteiger partial charge >= 0.3 is 0 Å². The fraction of sp³-hybridized carbons (Fsp3) is 0.900. The third-order valence-electron chi connectivity index (χ3n) is 2.58. The Morgan fingerprint density at radius 3 is 2.79 bits per heavy atom. The molecule has 0 unspecified atom stereocenters. The van der Waals surface area contributed by atoms with Crippen molar-refractivity contribution in [2.75, 3.05) is 18.1 Å². The summed E-state index contributed by atoms with van der Waals surface area (Å²) in [6, 6.07) is 0. The van der Waals surface area contributed by atoms with Crippen LogP contribution in [0.3, 0.4) is 0 Å². The lowest BCUT2D eigenvalue weighted by molar-refractivity contribution is -0.123. The Morgan fingerprint density at radius 2 is 2.29 bits per heavy atom. The maximum Gasteiger partial charge on any atom is 0.220 e.